The van der Waals surface area contributed by atoms with Gasteiger partial charge >= 0.3 is 168 Å². The number of carbonyl (C=O) groups is 1. The molecule has 0 saturated heterocycles. The zero-order valence-corrected chi connectivity index (χ0v) is 21.5. The molecule has 0 spiro atoms. The van der Waals surface area contributed by atoms with E-state index in [9.17, 15) is 4.79 Å². The molecule has 1 amide bonds. The van der Waals surface area contributed by atoms with Crippen LogP contribution in [0.3, 0.4) is 0 Å². The zero-order valence-electron chi connectivity index (χ0n) is 18.7. The standard InChI is InChI=1S/C10H16NO2.3C4H9.Sn/c1-7-10(5,6)11-8(12)13-9(2,3)4;3*1-3-4-2;/h2-6H3,(H,11,12);3*1,3-4H2,2H3;. The van der Waals surface area contributed by atoms with Gasteiger partial charge in [-0.25, -0.2) is 0 Å². The van der Waals surface area contributed by atoms with Crippen LogP contribution in [0.4, 0.5) is 4.79 Å². The summed E-state index contributed by atoms with van der Waals surface area (Å²) in [6, 6.07) is 0. The van der Waals surface area contributed by atoms with Gasteiger partial charge in [-0.2, -0.15) is 0 Å². The van der Waals surface area contributed by atoms with Gasteiger partial charge in [0.25, 0.3) is 0 Å². The van der Waals surface area contributed by atoms with E-state index in [4.69, 9.17) is 4.74 Å². The Morgan fingerprint density at radius 2 is 1.31 bits per heavy atom. The number of carbonyl (C=O) groups excluding carboxylic acids is 1. The molecule has 0 aliphatic carbocycles. The van der Waals surface area contributed by atoms with Gasteiger partial charge < -0.3 is 0 Å². The number of hydrogen-bond donors (Lipinski definition) is 1. The van der Waals surface area contributed by atoms with Gasteiger partial charge in [0.05, 0.1) is 0 Å². The Bertz CT molecular complexity index is 447. The van der Waals surface area contributed by atoms with Crippen LogP contribution >= 0.6 is 0 Å². The zero-order chi connectivity index (χ0) is 20.3. The molecule has 0 atom stereocenters. The van der Waals surface area contributed by atoms with Crippen molar-refractivity contribution in [2.75, 3.05) is 0 Å². The Balaban J connectivity index is 5.34. The van der Waals surface area contributed by atoms with Crippen LogP contribution in [0.25, 0.3) is 0 Å². The molecule has 0 unspecified atom stereocenters. The molecule has 1 N–H and O–H groups in total. The monoisotopic (exact) mass is 473 g/mol. The van der Waals surface area contributed by atoms with E-state index in [-0.39, 0.29) is 6.09 Å². The summed E-state index contributed by atoms with van der Waals surface area (Å²) in [7, 11) is 0. The van der Waals surface area contributed by atoms with Crippen molar-refractivity contribution < 1.29 is 9.53 Å². The molecule has 0 aromatic rings. The molecule has 152 valence electrons. The van der Waals surface area contributed by atoms with Crippen LogP contribution in [-0.2, 0) is 4.74 Å². The van der Waals surface area contributed by atoms with Crippen LogP contribution in [0, 0.1) is 9.86 Å². The maximum atomic E-state index is 12.1. The molecule has 0 aromatic carbocycles. The van der Waals surface area contributed by atoms with E-state index in [0.717, 1.165) is 0 Å². The van der Waals surface area contributed by atoms with Crippen molar-refractivity contribution in [1.29, 1.82) is 0 Å². The van der Waals surface area contributed by atoms with Crippen molar-refractivity contribution in [2.45, 2.75) is 118 Å². The average Bonchev–Trinajstić information content (AvgIpc) is 2.51. The van der Waals surface area contributed by atoms with Gasteiger partial charge in [-0.3, -0.25) is 0 Å². The van der Waals surface area contributed by atoms with E-state index in [1.165, 1.54) is 51.8 Å². The van der Waals surface area contributed by atoms with Crippen LogP contribution in [0.15, 0.2) is 0 Å². The molecule has 0 aliphatic heterocycles. The predicted molar refractivity (Wildman–Crippen MR) is 116 cm³/mol. The molecule has 0 fully saturated rings. The van der Waals surface area contributed by atoms with Gasteiger partial charge in [0.15, 0.2) is 0 Å². The normalized spacial score (nSPS) is 12.3. The number of hydrogen-bond acceptors (Lipinski definition) is 2. The number of ether oxygens (including phenoxy) is 1. The van der Waals surface area contributed by atoms with Crippen LogP contribution in [0.5, 0.6) is 0 Å². The molecular formula is C22H43NO2Sn. The van der Waals surface area contributed by atoms with Crippen molar-refractivity contribution >= 4 is 24.5 Å². The van der Waals surface area contributed by atoms with Gasteiger partial charge in [0, 0.05) is 0 Å². The van der Waals surface area contributed by atoms with Gasteiger partial charge in [0.2, 0.25) is 0 Å². The van der Waals surface area contributed by atoms with Crippen molar-refractivity contribution in [2.24, 2.45) is 0 Å². The van der Waals surface area contributed by atoms with E-state index >= 15 is 0 Å². The second-order valence-corrected chi connectivity index (χ2v) is 21.4. The molecule has 0 rings (SSSR count). The molecular weight excluding hydrogens is 429 g/mol. The molecule has 0 aliphatic rings. The number of amides is 1. The fourth-order valence-corrected chi connectivity index (χ4v) is 16.7. The molecule has 26 heavy (non-hydrogen) atoms. The van der Waals surface area contributed by atoms with Gasteiger partial charge in [-0.1, -0.05) is 0 Å². The first-order valence-electron chi connectivity index (χ1n) is 10.5. The summed E-state index contributed by atoms with van der Waals surface area (Å²) < 4.78 is 13.3. The molecule has 0 aromatic heterocycles. The van der Waals surface area contributed by atoms with E-state index < -0.39 is 29.5 Å². The fraction of sp³-hybridized carbons (Fsp3) is 0.864. The third kappa shape index (κ3) is 12.1. The summed E-state index contributed by atoms with van der Waals surface area (Å²) in [5.41, 5.74) is -1.03. The number of alkyl carbamates (subject to hydrolysis) is 1. The number of nitrogens with one attached hydrogen (secondary N) is 1. The Labute approximate surface area is 167 Å². The Hall–Kier alpha value is -0.371. The maximum absolute atomic E-state index is 12.1. The summed E-state index contributed by atoms with van der Waals surface area (Å²) in [4.78, 5) is 12.1. The number of unbranched alkanes of at least 4 members (excludes halogenated alkanes) is 3. The molecule has 0 heterocycles. The van der Waals surface area contributed by atoms with Crippen LogP contribution < -0.4 is 5.32 Å². The summed E-state index contributed by atoms with van der Waals surface area (Å²) in [6.45, 7) is 16.4. The second-order valence-electron chi connectivity index (χ2n) is 9.09. The Kier molecular flexibility index (Phi) is 12.0. The summed E-state index contributed by atoms with van der Waals surface area (Å²) in [6.07, 6.45) is 7.27. The van der Waals surface area contributed by atoms with Crippen molar-refractivity contribution in [3.05, 3.63) is 0 Å². The minimum atomic E-state index is -2.49. The Morgan fingerprint density at radius 1 is 0.885 bits per heavy atom. The second kappa shape index (κ2) is 12.2. The predicted octanol–water partition coefficient (Wildman–Crippen LogP) is 6.68. The summed E-state index contributed by atoms with van der Waals surface area (Å²) >= 11 is -2.49. The van der Waals surface area contributed by atoms with Crippen molar-refractivity contribution in [3.8, 4) is 9.86 Å². The van der Waals surface area contributed by atoms with Crippen LogP contribution in [-0.4, -0.2) is 35.6 Å². The van der Waals surface area contributed by atoms with Gasteiger partial charge in [-0.15, -0.1) is 0 Å². The number of rotatable bonds is 10. The third-order valence-corrected chi connectivity index (χ3v) is 17.6. The molecule has 0 bridgehead atoms. The van der Waals surface area contributed by atoms with Gasteiger partial charge in [-0.05, 0) is 0 Å². The van der Waals surface area contributed by atoms with Crippen LogP contribution in [0.2, 0.25) is 13.3 Å². The summed E-state index contributed by atoms with van der Waals surface area (Å²) in [5, 5.41) is 2.95. The summed E-state index contributed by atoms with van der Waals surface area (Å²) in [5.74, 6) is 3.47. The quantitative estimate of drug-likeness (QED) is 0.285. The Morgan fingerprint density at radius 3 is 1.65 bits per heavy atom. The SMILES string of the molecule is CCC[CH2][Sn]([C]#CC(C)(C)NC(=O)OC(C)(C)C)([CH2]CCC)[CH2]CCC. The van der Waals surface area contributed by atoms with E-state index in [1.54, 1.807) is 0 Å². The van der Waals surface area contributed by atoms with Gasteiger partial charge in [0.1, 0.15) is 0 Å². The first-order valence-corrected chi connectivity index (χ1v) is 18.0. The van der Waals surface area contributed by atoms with Crippen LogP contribution in [0.1, 0.15) is 93.9 Å². The first-order chi connectivity index (χ1) is 12.0. The molecule has 0 saturated carbocycles. The fourth-order valence-electron chi connectivity index (χ4n) is 2.99. The molecule has 4 heteroatoms. The molecule has 3 nitrogen and oxygen atoms in total. The molecule has 0 radical (unpaired) electrons. The first kappa shape index (κ1) is 25.6. The van der Waals surface area contributed by atoms with E-state index in [1.807, 2.05) is 34.6 Å². The minimum absolute atomic E-state index is 0.381. The van der Waals surface area contributed by atoms with Crippen molar-refractivity contribution in [3.63, 3.8) is 0 Å². The van der Waals surface area contributed by atoms with E-state index in [0.29, 0.717) is 0 Å². The van der Waals surface area contributed by atoms with E-state index in [2.05, 4.69) is 35.9 Å². The topological polar surface area (TPSA) is 38.3 Å². The third-order valence-electron chi connectivity index (χ3n) is 4.48. The average molecular weight is 472 g/mol. The van der Waals surface area contributed by atoms with Crippen molar-refractivity contribution in [1.82, 2.24) is 5.32 Å².